The van der Waals surface area contributed by atoms with Crippen molar-refractivity contribution in [3.05, 3.63) is 89.3 Å². The molecule has 0 radical (unpaired) electrons. The molecule has 0 atom stereocenters. The van der Waals surface area contributed by atoms with Gasteiger partial charge in [-0.1, -0.05) is 36.4 Å². The number of amides is 1. The van der Waals surface area contributed by atoms with E-state index in [4.69, 9.17) is 0 Å². The molecule has 0 saturated carbocycles. The van der Waals surface area contributed by atoms with Crippen molar-refractivity contribution < 1.29 is 13.2 Å². The fourth-order valence-corrected chi connectivity index (χ4v) is 6.08. The summed E-state index contributed by atoms with van der Waals surface area (Å²) in [6.07, 6.45) is 9.97. The number of aromatic nitrogens is 2. The smallest absolute Gasteiger partial charge is 0.246 e. The molecule has 1 aliphatic heterocycles. The molecule has 0 spiro atoms. The molecule has 8 heteroatoms. The van der Waals surface area contributed by atoms with E-state index < -0.39 is 10.0 Å². The lowest BCUT2D eigenvalue weighted by Crippen LogP contribution is -2.50. The number of rotatable bonds is 6. The number of benzene rings is 2. The van der Waals surface area contributed by atoms with E-state index in [0.717, 1.165) is 36.0 Å². The summed E-state index contributed by atoms with van der Waals surface area (Å²) < 4.78 is 29.5. The minimum atomic E-state index is -3.54. The van der Waals surface area contributed by atoms with Gasteiger partial charge in [-0.25, -0.2) is 8.42 Å². The van der Waals surface area contributed by atoms with Gasteiger partial charge in [-0.05, 0) is 54.2 Å². The first-order valence-corrected chi connectivity index (χ1v) is 13.1. The van der Waals surface area contributed by atoms with Crippen molar-refractivity contribution in [2.24, 2.45) is 0 Å². The molecule has 34 heavy (non-hydrogen) atoms. The van der Waals surface area contributed by atoms with Gasteiger partial charge < -0.3 is 4.90 Å². The Morgan fingerprint density at radius 1 is 0.971 bits per heavy atom. The van der Waals surface area contributed by atoms with E-state index in [0.29, 0.717) is 37.6 Å². The second kappa shape index (κ2) is 9.56. The number of nitrogens with zero attached hydrogens (tertiary/aromatic N) is 4. The maximum absolute atomic E-state index is 13.1. The summed E-state index contributed by atoms with van der Waals surface area (Å²) in [5.74, 6) is -0.120. The van der Waals surface area contributed by atoms with Crippen molar-refractivity contribution in [2.75, 3.05) is 26.2 Å². The molecule has 5 rings (SSSR count). The largest absolute Gasteiger partial charge is 0.337 e. The predicted octanol–water partition coefficient (Wildman–Crippen LogP) is 2.97. The Balaban J connectivity index is 1.16. The first kappa shape index (κ1) is 22.6. The second-order valence-electron chi connectivity index (χ2n) is 8.80. The molecular weight excluding hydrogens is 448 g/mol. The fraction of sp³-hybridized carbons (Fsp3) is 0.308. The summed E-state index contributed by atoms with van der Waals surface area (Å²) in [4.78, 5) is 14.7. The third-order valence-electron chi connectivity index (χ3n) is 6.52. The third-order valence-corrected chi connectivity index (χ3v) is 8.41. The highest BCUT2D eigenvalue weighted by molar-refractivity contribution is 7.89. The van der Waals surface area contributed by atoms with Gasteiger partial charge in [-0.3, -0.25) is 9.48 Å². The van der Waals surface area contributed by atoms with Crippen LogP contribution in [0.1, 0.15) is 28.7 Å². The maximum atomic E-state index is 13.1. The molecule has 1 fully saturated rings. The number of sulfonamides is 1. The summed E-state index contributed by atoms with van der Waals surface area (Å²) in [6, 6.07) is 15.6. The molecule has 2 aromatic carbocycles. The molecular formula is C26H28N4O3S. The number of fused-ring (bicyclic) bond motifs is 1. The number of piperazine rings is 1. The van der Waals surface area contributed by atoms with E-state index in [1.165, 1.54) is 15.9 Å². The fourth-order valence-electron chi connectivity index (χ4n) is 4.60. The summed E-state index contributed by atoms with van der Waals surface area (Å²) in [7, 11) is -3.54. The molecule has 2 aliphatic rings. The van der Waals surface area contributed by atoms with Crippen LogP contribution in [0.2, 0.25) is 0 Å². The quantitative estimate of drug-likeness (QED) is 0.513. The topological polar surface area (TPSA) is 75.5 Å². The van der Waals surface area contributed by atoms with Crippen LogP contribution in [-0.4, -0.2) is 59.5 Å². The van der Waals surface area contributed by atoms with Gasteiger partial charge in [0.2, 0.25) is 15.9 Å². The highest BCUT2D eigenvalue weighted by atomic mass is 32.2. The van der Waals surface area contributed by atoms with Crippen LogP contribution in [0.5, 0.6) is 0 Å². The third kappa shape index (κ3) is 4.83. The van der Waals surface area contributed by atoms with Crippen LogP contribution in [-0.2, 0) is 34.2 Å². The minimum Gasteiger partial charge on any atom is -0.337 e. The van der Waals surface area contributed by atoms with Crippen molar-refractivity contribution in [1.29, 1.82) is 0 Å². The van der Waals surface area contributed by atoms with Crippen LogP contribution < -0.4 is 0 Å². The Kier molecular flexibility index (Phi) is 6.34. The summed E-state index contributed by atoms with van der Waals surface area (Å²) in [6.45, 7) is 2.02. The lowest BCUT2D eigenvalue weighted by Gasteiger charge is -2.33. The zero-order valence-electron chi connectivity index (χ0n) is 19.0. The Morgan fingerprint density at radius 3 is 2.53 bits per heavy atom. The van der Waals surface area contributed by atoms with E-state index in [9.17, 15) is 13.2 Å². The van der Waals surface area contributed by atoms with Gasteiger partial charge in [-0.2, -0.15) is 9.40 Å². The van der Waals surface area contributed by atoms with Crippen LogP contribution >= 0.6 is 0 Å². The molecule has 1 saturated heterocycles. The first-order valence-electron chi connectivity index (χ1n) is 11.6. The highest BCUT2D eigenvalue weighted by Gasteiger charge is 2.30. The van der Waals surface area contributed by atoms with Crippen LogP contribution in [0.4, 0.5) is 0 Å². The number of hydrogen-bond acceptors (Lipinski definition) is 4. The standard InChI is InChI=1S/C26H28N4O3S/c31-26(12-9-22-18-27-29(20-22)19-21-5-2-1-3-6-21)28-13-15-30(16-14-28)34(32,33)25-11-10-23-7-4-8-24(23)17-25/h1-3,5-6,9-12,17-18,20H,4,7-8,13-16,19H2/b12-9+. The van der Waals surface area contributed by atoms with E-state index in [1.54, 1.807) is 23.2 Å². The highest BCUT2D eigenvalue weighted by Crippen LogP contribution is 2.26. The van der Waals surface area contributed by atoms with E-state index in [2.05, 4.69) is 5.10 Å². The normalized spacial score (nSPS) is 16.8. The Labute approximate surface area is 200 Å². The number of carbonyl (C=O) groups excluding carboxylic acids is 1. The number of hydrogen-bond donors (Lipinski definition) is 0. The van der Waals surface area contributed by atoms with E-state index in [-0.39, 0.29) is 5.91 Å². The van der Waals surface area contributed by atoms with Crippen LogP contribution in [0, 0.1) is 0 Å². The summed E-state index contributed by atoms with van der Waals surface area (Å²) in [5, 5.41) is 4.36. The van der Waals surface area contributed by atoms with Gasteiger partial charge >= 0.3 is 0 Å². The van der Waals surface area contributed by atoms with Crippen molar-refractivity contribution in [3.63, 3.8) is 0 Å². The molecule has 176 valence electrons. The zero-order chi connectivity index (χ0) is 23.5. The molecule has 2 heterocycles. The van der Waals surface area contributed by atoms with Crippen molar-refractivity contribution in [2.45, 2.75) is 30.7 Å². The molecule has 1 aliphatic carbocycles. The molecule has 1 amide bonds. The SMILES string of the molecule is O=C(/C=C/c1cnn(Cc2ccccc2)c1)N1CCN(S(=O)(=O)c2ccc3c(c2)CCC3)CC1. The minimum absolute atomic E-state index is 0.120. The molecule has 0 unspecified atom stereocenters. The van der Waals surface area contributed by atoms with Gasteiger partial charge in [0.25, 0.3) is 0 Å². The molecule has 3 aromatic rings. The summed E-state index contributed by atoms with van der Waals surface area (Å²) in [5.41, 5.74) is 4.41. The second-order valence-corrected chi connectivity index (χ2v) is 10.7. The molecule has 7 nitrogen and oxygen atoms in total. The van der Waals surface area contributed by atoms with Gasteiger partial charge in [-0.15, -0.1) is 0 Å². The monoisotopic (exact) mass is 476 g/mol. The van der Waals surface area contributed by atoms with Crippen LogP contribution in [0.25, 0.3) is 6.08 Å². The Morgan fingerprint density at radius 2 is 1.74 bits per heavy atom. The Hall–Kier alpha value is -3.23. The molecule has 0 N–H and O–H groups in total. The lowest BCUT2D eigenvalue weighted by molar-refractivity contribution is -0.127. The molecule has 0 bridgehead atoms. The van der Waals surface area contributed by atoms with E-state index >= 15 is 0 Å². The average Bonchev–Trinajstić information content (AvgIpc) is 3.52. The van der Waals surface area contributed by atoms with Gasteiger partial charge in [0.1, 0.15) is 0 Å². The Bertz CT molecular complexity index is 1310. The maximum Gasteiger partial charge on any atom is 0.246 e. The predicted molar refractivity (Wildman–Crippen MR) is 131 cm³/mol. The van der Waals surface area contributed by atoms with Crippen LogP contribution in [0.3, 0.4) is 0 Å². The summed E-state index contributed by atoms with van der Waals surface area (Å²) >= 11 is 0. The number of carbonyl (C=O) groups is 1. The first-order chi connectivity index (χ1) is 16.5. The molecule has 1 aromatic heterocycles. The average molecular weight is 477 g/mol. The van der Waals surface area contributed by atoms with Crippen molar-refractivity contribution in [3.8, 4) is 0 Å². The zero-order valence-corrected chi connectivity index (χ0v) is 19.8. The van der Waals surface area contributed by atoms with Gasteiger partial charge in [0.15, 0.2) is 0 Å². The van der Waals surface area contributed by atoms with Crippen LogP contribution in [0.15, 0.2) is 71.9 Å². The lowest BCUT2D eigenvalue weighted by atomic mass is 10.1. The van der Waals surface area contributed by atoms with Gasteiger partial charge in [0.05, 0.1) is 17.6 Å². The van der Waals surface area contributed by atoms with E-state index in [1.807, 2.05) is 53.3 Å². The number of aryl methyl sites for hydroxylation is 2. The van der Waals surface area contributed by atoms with Crippen molar-refractivity contribution in [1.82, 2.24) is 19.0 Å². The van der Waals surface area contributed by atoms with Gasteiger partial charge in [0, 0.05) is 44.0 Å². The van der Waals surface area contributed by atoms with Crippen molar-refractivity contribution >= 4 is 22.0 Å².